The Hall–Kier alpha value is -2.39. The van der Waals surface area contributed by atoms with Crippen LogP contribution in [-0.2, 0) is 27.9 Å². The summed E-state index contributed by atoms with van der Waals surface area (Å²) < 4.78 is 12.3. The maximum atomic E-state index is 11.0. The Kier molecular flexibility index (Phi) is 7.37. The largest absolute Gasteiger partial charge is 0.463 e. The molecule has 0 aliphatic rings. The molecule has 0 saturated heterocycles. The number of nitro benzene ring substituents is 1. The Bertz CT molecular complexity index is 819. The lowest BCUT2D eigenvalue weighted by atomic mass is 10.2. The summed E-state index contributed by atoms with van der Waals surface area (Å²) >= 11 is 1.44. The van der Waals surface area contributed by atoms with Crippen LogP contribution in [0.2, 0.25) is 0 Å². The van der Waals surface area contributed by atoms with Crippen molar-refractivity contribution in [1.29, 1.82) is 0 Å². The van der Waals surface area contributed by atoms with Crippen molar-refractivity contribution >= 4 is 23.4 Å². The molecule has 0 aliphatic carbocycles. The Morgan fingerprint density at radius 2 is 2.11 bits per heavy atom. The molecular weight excluding hydrogens is 370 g/mol. The molecule has 0 fully saturated rings. The fraction of sp³-hybridized carbons (Fsp3) is 0.444. The maximum absolute atomic E-state index is 11.0. The number of nitrogens with zero attached hydrogens (tertiary/aromatic N) is 3. The average Bonchev–Trinajstić information content (AvgIpc) is 2.91. The smallest absolute Gasteiger partial charge is 0.302 e. The molecule has 27 heavy (non-hydrogen) atoms. The molecule has 0 radical (unpaired) electrons. The van der Waals surface area contributed by atoms with Gasteiger partial charge in [-0.05, 0) is 12.0 Å². The van der Waals surface area contributed by atoms with Gasteiger partial charge in [0.25, 0.3) is 5.69 Å². The van der Waals surface area contributed by atoms with E-state index in [0.717, 1.165) is 21.4 Å². The first kappa shape index (κ1) is 20.9. The molecule has 8 nitrogen and oxygen atoms in total. The van der Waals surface area contributed by atoms with E-state index in [2.05, 4.69) is 4.98 Å². The van der Waals surface area contributed by atoms with Crippen molar-refractivity contribution in [1.82, 2.24) is 9.55 Å². The van der Waals surface area contributed by atoms with Crippen molar-refractivity contribution in [2.24, 2.45) is 7.05 Å². The second-order valence-corrected chi connectivity index (χ2v) is 7.24. The lowest BCUT2D eigenvalue weighted by Crippen LogP contribution is -2.09. The minimum Gasteiger partial charge on any atom is -0.463 e. The number of carbonyl (C=O) groups is 1. The zero-order valence-corrected chi connectivity index (χ0v) is 16.6. The summed E-state index contributed by atoms with van der Waals surface area (Å²) in [5.74, 6) is 0.593. The number of imidazole rings is 1. The SMILES string of the molecule is CC(=O)OCCOCc1nc(C(C)C)c(Sc2cccc([N+](=O)[O-])c2)n1C. The molecule has 0 N–H and O–H groups in total. The van der Waals surface area contributed by atoms with Gasteiger partial charge in [0.2, 0.25) is 0 Å². The highest BCUT2D eigenvalue weighted by atomic mass is 32.2. The van der Waals surface area contributed by atoms with Gasteiger partial charge >= 0.3 is 5.97 Å². The standard InChI is InChI=1S/C18H23N3O5S/c1-12(2)17-18(27-15-7-5-6-14(10-15)21(23)24)20(4)16(19-17)11-25-8-9-26-13(3)22/h5-7,10,12H,8-9,11H2,1-4H3. The minimum atomic E-state index is -0.404. The number of carbonyl (C=O) groups excluding carboxylic acids is 1. The van der Waals surface area contributed by atoms with E-state index >= 15 is 0 Å². The van der Waals surface area contributed by atoms with Gasteiger partial charge in [-0.15, -0.1) is 0 Å². The van der Waals surface area contributed by atoms with Gasteiger partial charge in [-0.3, -0.25) is 14.9 Å². The molecule has 0 amide bonds. The summed E-state index contributed by atoms with van der Waals surface area (Å²) in [5, 5.41) is 11.9. The molecule has 0 unspecified atom stereocenters. The molecule has 0 aliphatic heterocycles. The van der Waals surface area contributed by atoms with Gasteiger partial charge in [-0.1, -0.05) is 31.7 Å². The second kappa shape index (κ2) is 9.52. The number of hydrogen-bond donors (Lipinski definition) is 0. The lowest BCUT2D eigenvalue weighted by molar-refractivity contribution is -0.385. The van der Waals surface area contributed by atoms with E-state index in [0.29, 0.717) is 0 Å². The fourth-order valence-electron chi connectivity index (χ4n) is 2.36. The first-order chi connectivity index (χ1) is 12.8. The van der Waals surface area contributed by atoms with Gasteiger partial charge in [0, 0.05) is 31.0 Å². The molecule has 0 atom stereocenters. The Labute approximate surface area is 162 Å². The van der Waals surface area contributed by atoms with Crippen molar-refractivity contribution in [2.45, 2.75) is 43.2 Å². The zero-order valence-electron chi connectivity index (χ0n) is 15.8. The predicted molar refractivity (Wildman–Crippen MR) is 101 cm³/mol. The van der Waals surface area contributed by atoms with Crippen LogP contribution in [0.15, 0.2) is 34.2 Å². The summed E-state index contributed by atoms with van der Waals surface area (Å²) in [6, 6.07) is 6.53. The van der Waals surface area contributed by atoms with Crippen LogP contribution in [-0.4, -0.2) is 33.7 Å². The third kappa shape index (κ3) is 5.80. The Morgan fingerprint density at radius 3 is 2.74 bits per heavy atom. The molecule has 0 spiro atoms. The molecule has 0 saturated carbocycles. The summed E-state index contributed by atoms with van der Waals surface area (Å²) in [6.45, 7) is 6.22. The van der Waals surface area contributed by atoms with Crippen LogP contribution < -0.4 is 0 Å². The minimum absolute atomic E-state index is 0.0577. The van der Waals surface area contributed by atoms with Crippen LogP contribution >= 0.6 is 11.8 Å². The second-order valence-electron chi connectivity index (χ2n) is 6.18. The highest BCUT2D eigenvalue weighted by Gasteiger charge is 2.19. The van der Waals surface area contributed by atoms with Crippen LogP contribution in [0.5, 0.6) is 0 Å². The number of esters is 1. The topological polar surface area (TPSA) is 96.5 Å². The number of hydrogen-bond acceptors (Lipinski definition) is 7. The normalized spacial score (nSPS) is 11.0. The van der Waals surface area contributed by atoms with E-state index in [-0.39, 0.29) is 37.4 Å². The molecule has 146 valence electrons. The van der Waals surface area contributed by atoms with E-state index < -0.39 is 4.92 Å². The van der Waals surface area contributed by atoms with Gasteiger partial charge in [-0.25, -0.2) is 4.98 Å². The first-order valence-electron chi connectivity index (χ1n) is 8.48. The number of benzene rings is 1. The van der Waals surface area contributed by atoms with E-state index in [1.165, 1.54) is 24.8 Å². The molecule has 2 aromatic rings. The van der Waals surface area contributed by atoms with Gasteiger partial charge in [0.15, 0.2) is 0 Å². The van der Waals surface area contributed by atoms with Gasteiger partial charge in [0.05, 0.1) is 17.2 Å². The predicted octanol–water partition coefficient (Wildman–Crippen LogP) is 3.68. The van der Waals surface area contributed by atoms with E-state index in [9.17, 15) is 14.9 Å². The van der Waals surface area contributed by atoms with Crippen molar-refractivity contribution in [3.05, 3.63) is 45.9 Å². The van der Waals surface area contributed by atoms with Crippen LogP contribution in [0.1, 0.15) is 38.2 Å². The monoisotopic (exact) mass is 393 g/mol. The van der Waals surface area contributed by atoms with Crippen LogP contribution in [0, 0.1) is 10.1 Å². The number of ether oxygens (including phenoxy) is 2. The molecule has 1 aromatic carbocycles. The van der Waals surface area contributed by atoms with Crippen LogP contribution in [0.3, 0.4) is 0 Å². The highest BCUT2D eigenvalue weighted by Crippen LogP contribution is 2.35. The number of aromatic nitrogens is 2. The van der Waals surface area contributed by atoms with Gasteiger partial charge in [-0.2, -0.15) is 0 Å². The average molecular weight is 393 g/mol. The molecule has 1 aromatic heterocycles. The van der Waals surface area contributed by atoms with Crippen molar-refractivity contribution in [3.8, 4) is 0 Å². The van der Waals surface area contributed by atoms with E-state index in [4.69, 9.17) is 9.47 Å². The summed E-state index contributed by atoms with van der Waals surface area (Å²) in [6.07, 6.45) is 0. The third-order valence-electron chi connectivity index (χ3n) is 3.71. The lowest BCUT2D eigenvalue weighted by Gasteiger charge is -2.09. The van der Waals surface area contributed by atoms with Crippen LogP contribution in [0.4, 0.5) is 5.69 Å². The maximum Gasteiger partial charge on any atom is 0.302 e. The van der Waals surface area contributed by atoms with Gasteiger partial charge < -0.3 is 14.0 Å². The van der Waals surface area contributed by atoms with Gasteiger partial charge in [0.1, 0.15) is 24.1 Å². The van der Waals surface area contributed by atoms with Crippen molar-refractivity contribution in [2.75, 3.05) is 13.2 Å². The number of non-ortho nitro benzene ring substituents is 1. The van der Waals surface area contributed by atoms with E-state index in [1.807, 2.05) is 31.5 Å². The highest BCUT2D eigenvalue weighted by molar-refractivity contribution is 7.99. The van der Waals surface area contributed by atoms with Crippen LogP contribution in [0.25, 0.3) is 0 Å². The molecule has 1 heterocycles. The van der Waals surface area contributed by atoms with E-state index in [1.54, 1.807) is 12.1 Å². The van der Waals surface area contributed by atoms with Crippen molar-refractivity contribution in [3.63, 3.8) is 0 Å². The zero-order chi connectivity index (χ0) is 20.0. The quantitative estimate of drug-likeness (QED) is 0.277. The summed E-state index contributed by atoms with van der Waals surface area (Å²) in [7, 11) is 1.89. The molecular formula is C18H23N3O5S. The van der Waals surface area contributed by atoms with Crippen molar-refractivity contribution < 1.29 is 19.2 Å². The number of nitro groups is 1. The fourth-order valence-corrected chi connectivity index (χ4v) is 3.53. The molecule has 2 rings (SSSR count). The molecule has 9 heteroatoms. The first-order valence-corrected chi connectivity index (χ1v) is 9.30. The molecule has 0 bridgehead atoms. The number of rotatable bonds is 9. The Morgan fingerprint density at radius 1 is 1.37 bits per heavy atom. The summed E-state index contributed by atoms with van der Waals surface area (Å²) in [5.41, 5.74) is 0.967. The third-order valence-corrected chi connectivity index (χ3v) is 4.88. The summed E-state index contributed by atoms with van der Waals surface area (Å²) in [4.78, 5) is 26.8. The Balaban J connectivity index is 2.15.